The van der Waals surface area contributed by atoms with E-state index in [9.17, 15) is 0 Å². The zero-order valence-corrected chi connectivity index (χ0v) is 10.4. The number of hydrogen-bond acceptors (Lipinski definition) is 2. The van der Waals surface area contributed by atoms with E-state index in [0.717, 1.165) is 36.2 Å². The van der Waals surface area contributed by atoms with Crippen LogP contribution in [0.25, 0.3) is 0 Å². The molecule has 0 rings (SSSR count). The second-order valence-corrected chi connectivity index (χ2v) is 3.96. The molecule has 0 saturated carbocycles. The average Bonchev–Trinajstić information content (AvgIpc) is 2.26. The Bertz CT molecular complexity index is 307. The minimum atomic E-state index is 0.212. The number of rotatable bonds is 8. The van der Waals surface area contributed by atoms with Gasteiger partial charge >= 0.3 is 0 Å². The second-order valence-electron chi connectivity index (χ2n) is 3.96. The quantitative estimate of drug-likeness (QED) is 0.482. The molecule has 0 radical (unpaired) electrons. The van der Waals surface area contributed by atoms with Gasteiger partial charge in [-0.1, -0.05) is 31.2 Å². The molecule has 2 N–H and O–H groups in total. The largest absolute Gasteiger partial charge is 0.384 e. The van der Waals surface area contributed by atoms with E-state index in [1.165, 1.54) is 0 Å². The van der Waals surface area contributed by atoms with E-state index in [2.05, 4.69) is 36.3 Å². The highest BCUT2D eigenvalue weighted by molar-refractivity contribution is 5.21. The van der Waals surface area contributed by atoms with Crippen molar-refractivity contribution in [3.05, 3.63) is 36.6 Å². The van der Waals surface area contributed by atoms with Crippen LogP contribution in [-0.4, -0.2) is 19.6 Å². The first kappa shape index (κ1) is 14.5. The predicted octanol–water partition coefficient (Wildman–Crippen LogP) is 2.22. The molecule has 88 valence electrons. The highest BCUT2D eigenvalue weighted by Gasteiger charge is 2.09. The van der Waals surface area contributed by atoms with Crippen molar-refractivity contribution in [3.8, 4) is 12.3 Å². The highest BCUT2D eigenvalue weighted by Crippen LogP contribution is 2.09. The summed E-state index contributed by atoms with van der Waals surface area (Å²) in [4.78, 5) is 0. The van der Waals surface area contributed by atoms with Gasteiger partial charge in [0.15, 0.2) is 0 Å². The molecule has 16 heavy (non-hydrogen) atoms. The van der Waals surface area contributed by atoms with E-state index in [4.69, 9.17) is 6.42 Å². The van der Waals surface area contributed by atoms with E-state index < -0.39 is 0 Å². The van der Waals surface area contributed by atoms with E-state index in [1.807, 2.05) is 14.0 Å². The first-order valence-electron chi connectivity index (χ1n) is 5.40. The van der Waals surface area contributed by atoms with Gasteiger partial charge in [0.1, 0.15) is 0 Å². The smallest absolute Gasteiger partial charge is 0.0464 e. The van der Waals surface area contributed by atoms with Gasteiger partial charge in [0.2, 0.25) is 0 Å². The maximum absolute atomic E-state index is 5.25. The molecule has 0 aromatic carbocycles. The fraction of sp³-hybridized carbons (Fsp3) is 0.429. The minimum Gasteiger partial charge on any atom is -0.384 e. The lowest BCUT2D eigenvalue weighted by atomic mass is 10.0. The minimum absolute atomic E-state index is 0.212. The van der Waals surface area contributed by atoms with Crippen molar-refractivity contribution in [3.63, 3.8) is 0 Å². The van der Waals surface area contributed by atoms with Crippen LogP contribution in [0.5, 0.6) is 0 Å². The zero-order valence-electron chi connectivity index (χ0n) is 10.4. The fourth-order valence-corrected chi connectivity index (χ4v) is 1.27. The van der Waals surface area contributed by atoms with Crippen molar-refractivity contribution < 1.29 is 0 Å². The van der Waals surface area contributed by atoms with E-state index in [0.29, 0.717) is 0 Å². The van der Waals surface area contributed by atoms with Crippen LogP contribution < -0.4 is 10.6 Å². The first-order valence-corrected chi connectivity index (χ1v) is 5.40. The fourth-order valence-electron chi connectivity index (χ4n) is 1.27. The molecule has 2 heteroatoms. The van der Waals surface area contributed by atoms with Crippen molar-refractivity contribution in [1.82, 2.24) is 10.6 Å². The predicted molar refractivity (Wildman–Crippen MR) is 72.0 cm³/mol. The van der Waals surface area contributed by atoms with Crippen LogP contribution in [0.3, 0.4) is 0 Å². The van der Waals surface area contributed by atoms with Gasteiger partial charge in [-0.25, -0.2) is 0 Å². The summed E-state index contributed by atoms with van der Waals surface area (Å²) in [6.45, 7) is 14.4. The Hall–Kier alpha value is -1.46. The van der Waals surface area contributed by atoms with Gasteiger partial charge in [0, 0.05) is 18.3 Å². The van der Waals surface area contributed by atoms with Gasteiger partial charge in [0.05, 0.1) is 0 Å². The zero-order chi connectivity index (χ0) is 12.6. The summed E-state index contributed by atoms with van der Waals surface area (Å²) < 4.78 is 0. The molecule has 0 aliphatic rings. The molecule has 0 heterocycles. The van der Waals surface area contributed by atoms with Crippen molar-refractivity contribution in [2.24, 2.45) is 0 Å². The van der Waals surface area contributed by atoms with Gasteiger partial charge in [-0.05, 0) is 32.4 Å². The summed E-state index contributed by atoms with van der Waals surface area (Å²) in [5.74, 6) is 2.55. The molecule has 0 aromatic heterocycles. The summed E-state index contributed by atoms with van der Waals surface area (Å²) in [5, 5.41) is 6.44. The number of allylic oxidation sites excluding steroid dienone is 1. The molecule has 0 fully saturated rings. The Morgan fingerprint density at radius 2 is 2.00 bits per heavy atom. The van der Waals surface area contributed by atoms with Crippen LogP contribution in [0.4, 0.5) is 0 Å². The van der Waals surface area contributed by atoms with Crippen LogP contribution in [0.1, 0.15) is 19.8 Å². The average molecular weight is 218 g/mol. The highest BCUT2D eigenvalue weighted by atomic mass is 15.0. The summed E-state index contributed by atoms with van der Waals surface area (Å²) in [5.41, 5.74) is 2.88. The SMILES string of the molecule is C#CC(=C)CCC(NC)C(=C)NCC(=C)C. The summed E-state index contributed by atoms with van der Waals surface area (Å²) in [6, 6.07) is 0.212. The number of likely N-dealkylation sites (N-methyl/N-ethyl adjacent to an activating group) is 1. The lowest BCUT2D eigenvalue weighted by Crippen LogP contribution is -2.34. The number of terminal acetylenes is 1. The van der Waals surface area contributed by atoms with Crippen LogP contribution in [0.2, 0.25) is 0 Å². The van der Waals surface area contributed by atoms with Crippen molar-refractivity contribution in [2.45, 2.75) is 25.8 Å². The molecule has 0 saturated heterocycles. The van der Waals surface area contributed by atoms with E-state index in [1.54, 1.807) is 0 Å². The summed E-state index contributed by atoms with van der Waals surface area (Å²) in [6.07, 6.45) is 6.97. The Morgan fingerprint density at radius 3 is 2.44 bits per heavy atom. The lowest BCUT2D eigenvalue weighted by Gasteiger charge is -2.20. The van der Waals surface area contributed by atoms with Crippen molar-refractivity contribution in [2.75, 3.05) is 13.6 Å². The van der Waals surface area contributed by atoms with Crippen LogP contribution in [-0.2, 0) is 0 Å². The molecule has 1 atom stereocenters. The molecule has 2 nitrogen and oxygen atoms in total. The first-order chi connectivity index (χ1) is 7.51. The van der Waals surface area contributed by atoms with Gasteiger partial charge in [-0.2, -0.15) is 0 Å². The van der Waals surface area contributed by atoms with Gasteiger partial charge < -0.3 is 10.6 Å². The third-order valence-corrected chi connectivity index (χ3v) is 2.33. The van der Waals surface area contributed by atoms with Crippen molar-refractivity contribution >= 4 is 0 Å². The molecule has 0 aromatic rings. The molecule has 1 unspecified atom stereocenters. The Balaban J connectivity index is 4.07. The standard InChI is InChI=1S/C14H22N2/c1-7-12(4)8-9-14(15-6)13(5)16-10-11(2)3/h1,14-16H,2,4-5,8-10H2,3,6H3. The Kier molecular flexibility index (Phi) is 7.07. The van der Waals surface area contributed by atoms with E-state index >= 15 is 0 Å². The normalized spacial score (nSPS) is 11.3. The summed E-state index contributed by atoms with van der Waals surface area (Å²) in [7, 11) is 1.91. The maximum Gasteiger partial charge on any atom is 0.0464 e. The molecule has 0 bridgehead atoms. The van der Waals surface area contributed by atoms with Crippen molar-refractivity contribution in [1.29, 1.82) is 0 Å². The van der Waals surface area contributed by atoms with Gasteiger partial charge in [0.25, 0.3) is 0 Å². The molecular weight excluding hydrogens is 196 g/mol. The molecule has 0 aliphatic carbocycles. The Morgan fingerprint density at radius 1 is 1.38 bits per heavy atom. The van der Waals surface area contributed by atoms with Crippen LogP contribution in [0.15, 0.2) is 36.6 Å². The Labute approximate surface area is 99.5 Å². The van der Waals surface area contributed by atoms with Crippen LogP contribution >= 0.6 is 0 Å². The van der Waals surface area contributed by atoms with E-state index in [-0.39, 0.29) is 6.04 Å². The monoisotopic (exact) mass is 218 g/mol. The molecule has 0 amide bonds. The summed E-state index contributed by atoms with van der Waals surface area (Å²) >= 11 is 0. The molecular formula is C14H22N2. The number of hydrogen-bond donors (Lipinski definition) is 2. The number of nitrogens with one attached hydrogen (secondary N) is 2. The maximum atomic E-state index is 5.25. The third-order valence-electron chi connectivity index (χ3n) is 2.33. The molecule has 0 spiro atoms. The topological polar surface area (TPSA) is 24.1 Å². The van der Waals surface area contributed by atoms with Crippen LogP contribution in [0, 0.1) is 12.3 Å². The van der Waals surface area contributed by atoms with Gasteiger partial charge in [-0.3, -0.25) is 0 Å². The van der Waals surface area contributed by atoms with Gasteiger partial charge in [-0.15, -0.1) is 6.42 Å². The molecule has 0 aliphatic heterocycles. The third kappa shape index (κ3) is 6.10. The second kappa shape index (κ2) is 7.78. The lowest BCUT2D eigenvalue weighted by molar-refractivity contribution is 0.557.